The number of rotatable bonds is 4. The quantitative estimate of drug-likeness (QED) is 0.684. The van der Waals surface area contributed by atoms with E-state index in [9.17, 15) is 4.79 Å². The Kier molecular flexibility index (Phi) is 4.66. The predicted molar refractivity (Wildman–Crippen MR) is 58.1 cm³/mol. The molecule has 0 aliphatic carbocycles. The molecule has 1 saturated heterocycles. The maximum atomic E-state index is 11.9. The minimum atomic E-state index is 0.0450. The number of likely N-dealkylation sites (N-methyl/N-ethyl adjacent to an activating group) is 1. The lowest BCUT2D eigenvalue weighted by Crippen LogP contribution is -2.48. The summed E-state index contributed by atoms with van der Waals surface area (Å²) in [6.45, 7) is 8.07. The molecular weight excluding hydrogens is 176 g/mol. The summed E-state index contributed by atoms with van der Waals surface area (Å²) >= 11 is 0. The molecule has 0 spiro atoms. The molecule has 14 heavy (non-hydrogen) atoms. The van der Waals surface area contributed by atoms with E-state index in [0.717, 1.165) is 25.9 Å². The second kappa shape index (κ2) is 5.81. The van der Waals surface area contributed by atoms with E-state index in [0.29, 0.717) is 6.54 Å². The maximum Gasteiger partial charge on any atom is 0.239 e. The minimum absolute atomic E-state index is 0.0450. The van der Waals surface area contributed by atoms with Crippen molar-refractivity contribution in [2.45, 2.75) is 32.2 Å². The zero-order chi connectivity index (χ0) is 10.4. The second-order valence-corrected chi connectivity index (χ2v) is 3.67. The van der Waals surface area contributed by atoms with Gasteiger partial charge in [0.25, 0.3) is 0 Å². The number of amides is 1. The van der Waals surface area contributed by atoms with Gasteiger partial charge in [-0.1, -0.05) is 12.5 Å². The normalized spacial score (nSPS) is 21.6. The van der Waals surface area contributed by atoms with Crippen LogP contribution in [0.1, 0.15) is 26.2 Å². The fraction of sp³-hybridized carbons (Fsp3) is 0.727. The molecule has 3 nitrogen and oxygen atoms in total. The van der Waals surface area contributed by atoms with Crippen LogP contribution in [0.25, 0.3) is 0 Å². The summed E-state index contributed by atoms with van der Waals surface area (Å²) in [5.74, 6) is 0.229. The van der Waals surface area contributed by atoms with Crippen LogP contribution >= 0.6 is 0 Å². The molecule has 1 amide bonds. The minimum Gasteiger partial charge on any atom is -0.338 e. The number of carbonyl (C=O) groups excluding carboxylic acids is 1. The summed E-state index contributed by atoms with van der Waals surface area (Å²) < 4.78 is 0. The monoisotopic (exact) mass is 196 g/mol. The zero-order valence-electron chi connectivity index (χ0n) is 8.96. The molecule has 0 aromatic rings. The molecule has 0 aromatic heterocycles. The number of nitrogens with one attached hydrogen (secondary N) is 1. The Hall–Kier alpha value is -0.830. The molecule has 1 atom stereocenters. The molecular formula is C11H20N2O. The first-order chi connectivity index (χ1) is 6.79. The lowest BCUT2D eigenvalue weighted by Gasteiger charge is -2.28. The van der Waals surface area contributed by atoms with Gasteiger partial charge in [0.1, 0.15) is 0 Å². The van der Waals surface area contributed by atoms with E-state index in [2.05, 4.69) is 11.9 Å². The molecule has 0 bridgehead atoms. The van der Waals surface area contributed by atoms with E-state index in [1.807, 2.05) is 11.8 Å². The van der Waals surface area contributed by atoms with Gasteiger partial charge in [0, 0.05) is 13.1 Å². The van der Waals surface area contributed by atoms with Crippen LogP contribution in [0.3, 0.4) is 0 Å². The standard InChI is InChI=1S/C11H20N2O/c1-3-9-13(4-2)11(14)10-7-5-6-8-12-10/h3,10,12H,1,4-9H2,2H3/t10-/m0/s1. The highest BCUT2D eigenvalue weighted by Gasteiger charge is 2.23. The average Bonchev–Trinajstić information content (AvgIpc) is 2.26. The first-order valence-corrected chi connectivity index (χ1v) is 5.42. The van der Waals surface area contributed by atoms with Gasteiger partial charge in [-0.05, 0) is 26.3 Å². The summed E-state index contributed by atoms with van der Waals surface area (Å²) in [7, 11) is 0. The predicted octanol–water partition coefficient (Wildman–Crippen LogP) is 1.16. The van der Waals surface area contributed by atoms with Crippen LogP contribution in [0.15, 0.2) is 12.7 Å². The Morgan fingerprint density at radius 1 is 1.64 bits per heavy atom. The first-order valence-electron chi connectivity index (χ1n) is 5.42. The van der Waals surface area contributed by atoms with Crippen LogP contribution < -0.4 is 5.32 Å². The van der Waals surface area contributed by atoms with Gasteiger partial charge in [0.05, 0.1) is 6.04 Å². The highest BCUT2D eigenvalue weighted by atomic mass is 16.2. The Morgan fingerprint density at radius 3 is 2.93 bits per heavy atom. The summed E-state index contributed by atoms with van der Waals surface area (Å²) in [6, 6.07) is 0.0450. The van der Waals surface area contributed by atoms with E-state index in [1.54, 1.807) is 6.08 Å². The van der Waals surface area contributed by atoms with Crippen molar-refractivity contribution in [2.75, 3.05) is 19.6 Å². The van der Waals surface area contributed by atoms with Crippen molar-refractivity contribution in [1.29, 1.82) is 0 Å². The fourth-order valence-corrected chi connectivity index (χ4v) is 1.81. The highest BCUT2D eigenvalue weighted by molar-refractivity contribution is 5.82. The highest BCUT2D eigenvalue weighted by Crippen LogP contribution is 2.09. The third-order valence-corrected chi connectivity index (χ3v) is 2.65. The summed E-state index contributed by atoms with van der Waals surface area (Å²) in [5.41, 5.74) is 0. The molecule has 0 saturated carbocycles. The lowest BCUT2D eigenvalue weighted by molar-refractivity contribution is -0.133. The van der Waals surface area contributed by atoms with Crippen LogP contribution in [0.5, 0.6) is 0 Å². The van der Waals surface area contributed by atoms with Crippen LogP contribution in [0.4, 0.5) is 0 Å². The van der Waals surface area contributed by atoms with E-state index in [1.165, 1.54) is 6.42 Å². The van der Waals surface area contributed by atoms with Crippen molar-refractivity contribution < 1.29 is 4.79 Å². The maximum absolute atomic E-state index is 11.9. The van der Waals surface area contributed by atoms with Gasteiger partial charge in [0.2, 0.25) is 5.91 Å². The molecule has 0 radical (unpaired) electrons. The van der Waals surface area contributed by atoms with Gasteiger partial charge in [0.15, 0.2) is 0 Å². The van der Waals surface area contributed by atoms with Crippen LogP contribution in [0.2, 0.25) is 0 Å². The van der Waals surface area contributed by atoms with E-state index >= 15 is 0 Å². The number of nitrogens with zero attached hydrogens (tertiary/aromatic N) is 1. The summed E-state index contributed by atoms with van der Waals surface area (Å²) in [5, 5.41) is 3.27. The Labute approximate surface area is 86.2 Å². The smallest absolute Gasteiger partial charge is 0.239 e. The molecule has 80 valence electrons. The van der Waals surface area contributed by atoms with Gasteiger partial charge < -0.3 is 10.2 Å². The zero-order valence-corrected chi connectivity index (χ0v) is 8.96. The third-order valence-electron chi connectivity index (χ3n) is 2.65. The first kappa shape index (κ1) is 11.2. The fourth-order valence-electron chi connectivity index (χ4n) is 1.81. The summed E-state index contributed by atoms with van der Waals surface area (Å²) in [6.07, 6.45) is 5.11. The Bertz CT molecular complexity index is 197. The SMILES string of the molecule is C=CCN(CC)C(=O)[C@@H]1CCCCN1. The van der Waals surface area contributed by atoms with Crippen LogP contribution in [0, 0.1) is 0 Å². The summed E-state index contributed by atoms with van der Waals surface area (Å²) in [4.78, 5) is 13.8. The Balaban J connectivity index is 2.47. The van der Waals surface area contributed by atoms with Crippen molar-refractivity contribution in [3.8, 4) is 0 Å². The number of carbonyl (C=O) groups is 1. The second-order valence-electron chi connectivity index (χ2n) is 3.67. The Morgan fingerprint density at radius 2 is 2.43 bits per heavy atom. The van der Waals surface area contributed by atoms with E-state index in [-0.39, 0.29) is 11.9 Å². The largest absolute Gasteiger partial charge is 0.338 e. The molecule has 0 aromatic carbocycles. The average molecular weight is 196 g/mol. The van der Waals surface area contributed by atoms with Gasteiger partial charge in [-0.2, -0.15) is 0 Å². The number of hydrogen-bond acceptors (Lipinski definition) is 2. The number of piperidine rings is 1. The topological polar surface area (TPSA) is 32.3 Å². The molecule has 1 aliphatic heterocycles. The van der Waals surface area contributed by atoms with E-state index < -0.39 is 0 Å². The molecule has 1 fully saturated rings. The van der Waals surface area contributed by atoms with Crippen molar-refractivity contribution in [1.82, 2.24) is 10.2 Å². The van der Waals surface area contributed by atoms with Gasteiger partial charge in [-0.3, -0.25) is 4.79 Å². The molecule has 3 heteroatoms. The lowest BCUT2D eigenvalue weighted by atomic mass is 10.0. The molecule has 1 aliphatic rings. The molecule has 1 heterocycles. The van der Waals surface area contributed by atoms with Gasteiger partial charge >= 0.3 is 0 Å². The van der Waals surface area contributed by atoms with Crippen molar-refractivity contribution in [3.05, 3.63) is 12.7 Å². The van der Waals surface area contributed by atoms with Crippen molar-refractivity contribution >= 4 is 5.91 Å². The molecule has 0 unspecified atom stereocenters. The van der Waals surface area contributed by atoms with E-state index in [4.69, 9.17) is 0 Å². The van der Waals surface area contributed by atoms with Gasteiger partial charge in [-0.15, -0.1) is 6.58 Å². The van der Waals surface area contributed by atoms with Crippen LogP contribution in [-0.4, -0.2) is 36.5 Å². The number of hydrogen-bond donors (Lipinski definition) is 1. The molecule has 1 rings (SSSR count). The van der Waals surface area contributed by atoms with Crippen molar-refractivity contribution in [2.24, 2.45) is 0 Å². The third kappa shape index (κ3) is 2.84. The van der Waals surface area contributed by atoms with Gasteiger partial charge in [-0.25, -0.2) is 0 Å². The van der Waals surface area contributed by atoms with Crippen molar-refractivity contribution in [3.63, 3.8) is 0 Å². The van der Waals surface area contributed by atoms with Crippen LogP contribution in [-0.2, 0) is 4.79 Å². The molecule has 1 N–H and O–H groups in total.